The van der Waals surface area contributed by atoms with Crippen molar-refractivity contribution in [2.45, 2.75) is 51.0 Å². The molecule has 0 spiro atoms. The molecule has 1 aromatic rings. The fraction of sp³-hybridized carbons (Fsp3) is 0.455. The topological polar surface area (TPSA) is 110 Å². The normalized spacial score (nSPS) is 18.3. The van der Waals surface area contributed by atoms with E-state index in [9.17, 15) is 26.7 Å². The fourth-order valence-electron chi connectivity index (χ4n) is 3.16. The molecule has 0 saturated carbocycles. The molecule has 8 nitrogen and oxygen atoms in total. The highest BCUT2D eigenvalue weighted by Crippen LogP contribution is 2.19. The summed E-state index contributed by atoms with van der Waals surface area (Å²) >= 11 is 0. The van der Waals surface area contributed by atoms with Gasteiger partial charge in [0.15, 0.2) is 0 Å². The Balaban J connectivity index is 2.02. The number of nitrogens with one attached hydrogen (secondary N) is 2. The summed E-state index contributed by atoms with van der Waals surface area (Å²) in [5, 5.41) is 8.77. The van der Waals surface area contributed by atoms with Crippen molar-refractivity contribution in [2.24, 2.45) is 22.8 Å². The summed E-state index contributed by atoms with van der Waals surface area (Å²) in [5.74, 6) is -2.52. The molecule has 1 amide bonds. The van der Waals surface area contributed by atoms with Gasteiger partial charge in [-0.25, -0.2) is 13.8 Å². The number of carbonyl (C=O) groups excluding carboxylic acids is 1. The van der Waals surface area contributed by atoms with E-state index < -0.39 is 30.1 Å². The molecule has 192 valence electrons. The average Bonchev–Trinajstić information content (AvgIpc) is 3.19. The van der Waals surface area contributed by atoms with Crippen LogP contribution in [0.15, 0.2) is 52.3 Å². The van der Waals surface area contributed by atoms with Crippen molar-refractivity contribution in [1.29, 1.82) is 0 Å². The summed E-state index contributed by atoms with van der Waals surface area (Å²) in [6, 6.07) is -0.637. The molecular weight excluding hydrogens is 473 g/mol. The SMILES string of the molecule is CCC(CCCN=C(N)/C(=C\N=CNC1=CC(F)=CC(F)C1)c1cnn(C)c1)NC(=O)C(F)(F)F. The summed E-state index contributed by atoms with van der Waals surface area (Å²) in [6.07, 6.45) is 2.61. The minimum atomic E-state index is -4.93. The molecule has 0 aromatic carbocycles. The number of amidine groups is 1. The highest BCUT2D eigenvalue weighted by molar-refractivity contribution is 6.21. The van der Waals surface area contributed by atoms with Crippen molar-refractivity contribution in [3.63, 3.8) is 0 Å². The fourth-order valence-corrected chi connectivity index (χ4v) is 3.16. The Morgan fingerprint density at radius 3 is 2.77 bits per heavy atom. The highest BCUT2D eigenvalue weighted by atomic mass is 19.4. The second-order valence-electron chi connectivity index (χ2n) is 7.79. The van der Waals surface area contributed by atoms with Gasteiger partial charge in [-0.05, 0) is 31.4 Å². The van der Waals surface area contributed by atoms with Crippen LogP contribution in [-0.2, 0) is 11.8 Å². The van der Waals surface area contributed by atoms with E-state index in [1.807, 2.05) is 5.32 Å². The predicted octanol–water partition coefficient (Wildman–Crippen LogP) is 3.45. The number of hydrogen-bond acceptors (Lipinski definition) is 4. The number of aryl methyl sites for hydroxylation is 1. The van der Waals surface area contributed by atoms with Crippen LogP contribution in [0.4, 0.5) is 22.0 Å². The molecule has 0 aliphatic heterocycles. The summed E-state index contributed by atoms with van der Waals surface area (Å²) in [6.45, 7) is 1.89. The lowest BCUT2D eigenvalue weighted by atomic mass is 10.1. The molecule has 4 N–H and O–H groups in total. The van der Waals surface area contributed by atoms with Gasteiger partial charge in [0.05, 0.1) is 12.5 Å². The first kappa shape index (κ1) is 27.7. The summed E-state index contributed by atoms with van der Waals surface area (Å²) in [5.41, 5.74) is 7.49. The molecule has 0 radical (unpaired) electrons. The van der Waals surface area contributed by atoms with Crippen molar-refractivity contribution in [1.82, 2.24) is 20.4 Å². The van der Waals surface area contributed by atoms with E-state index in [1.54, 1.807) is 31.0 Å². The molecule has 2 rings (SSSR count). The minimum absolute atomic E-state index is 0.00953. The van der Waals surface area contributed by atoms with Crippen molar-refractivity contribution in [2.75, 3.05) is 6.54 Å². The Labute approximate surface area is 199 Å². The van der Waals surface area contributed by atoms with Crippen LogP contribution in [0.1, 0.15) is 38.2 Å². The van der Waals surface area contributed by atoms with Gasteiger partial charge in [-0.15, -0.1) is 0 Å². The summed E-state index contributed by atoms with van der Waals surface area (Å²) in [4.78, 5) is 19.5. The number of aromatic nitrogens is 2. The number of rotatable bonds is 11. The number of carbonyl (C=O) groups is 1. The van der Waals surface area contributed by atoms with Gasteiger partial charge < -0.3 is 16.4 Å². The number of halogens is 5. The molecule has 0 fully saturated rings. The van der Waals surface area contributed by atoms with Crippen LogP contribution in [0.5, 0.6) is 0 Å². The van der Waals surface area contributed by atoms with Gasteiger partial charge in [0.1, 0.15) is 17.8 Å². The number of hydrogen-bond donors (Lipinski definition) is 3. The van der Waals surface area contributed by atoms with E-state index in [-0.39, 0.29) is 18.8 Å². The minimum Gasteiger partial charge on any atom is -0.383 e. The maximum absolute atomic E-state index is 13.4. The van der Waals surface area contributed by atoms with E-state index in [1.165, 1.54) is 18.6 Å². The number of alkyl halides is 4. The molecule has 2 atom stereocenters. The Kier molecular flexibility index (Phi) is 10.2. The third-order valence-corrected chi connectivity index (χ3v) is 4.97. The number of nitrogens with two attached hydrogens (primary N) is 1. The lowest BCUT2D eigenvalue weighted by molar-refractivity contribution is -0.174. The first-order chi connectivity index (χ1) is 16.5. The van der Waals surface area contributed by atoms with Gasteiger partial charge in [-0.3, -0.25) is 14.5 Å². The van der Waals surface area contributed by atoms with E-state index >= 15 is 0 Å². The summed E-state index contributed by atoms with van der Waals surface area (Å²) < 4.78 is 65.6. The number of nitrogens with zero attached hydrogens (tertiary/aromatic N) is 4. The monoisotopic (exact) mass is 501 g/mol. The smallest absolute Gasteiger partial charge is 0.383 e. The quantitative estimate of drug-likeness (QED) is 0.187. The largest absolute Gasteiger partial charge is 0.471 e. The van der Waals surface area contributed by atoms with Gasteiger partial charge in [-0.1, -0.05) is 6.92 Å². The number of allylic oxidation sites excluding steroid dienone is 4. The second-order valence-corrected chi connectivity index (χ2v) is 7.79. The Morgan fingerprint density at radius 1 is 1.43 bits per heavy atom. The van der Waals surface area contributed by atoms with Crippen molar-refractivity contribution >= 4 is 23.7 Å². The highest BCUT2D eigenvalue weighted by Gasteiger charge is 2.39. The van der Waals surface area contributed by atoms with Gasteiger partial charge in [-0.2, -0.15) is 18.3 Å². The van der Waals surface area contributed by atoms with Crippen LogP contribution in [0.25, 0.3) is 5.57 Å². The van der Waals surface area contributed by atoms with E-state index in [2.05, 4.69) is 20.4 Å². The zero-order valence-electron chi connectivity index (χ0n) is 19.3. The Morgan fingerprint density at radius 2 is 2.17 bits per heavy atom. The first-order valence-electron chi connectivity index (χ1n) is 10.9. The van der Waals surface area contributed by atoms with Crippen LogP contribution in [-0.4, -0.2) is 52.8 Å². The lowest BCUT2D eigenvalue weighted by Gasteiger charge is -2.17. The molecular formula is C22H28F5N7O. The maximum atomic E-state index is 13.4. The standard InChI is InChI=1S/C22H28F5N7O/c1-3-17(33-21(35)22(25,26)27)5-4-6-30-20(28)19(14-10-32-34(2)12-14)11-29-13-31-18-8-15(23)7-16(24)9-18/h7-8,10-13,16-17H,3-6,9H2,1-2H3,(H2,28,30)(H,29,31)(H,33,35)/b19-11-. The number of aliphatic imine (C=N–C) groups is 2. The zero-order chi connectivity index (χ0) is 26.0. The molecule has 1 aliphatic carbocycles. The Bertz CT molecular complexity index is 1020. The molecule has 0 saturated heterocycles. The van der Waals surface area contributed by atoms with Crippen LogP contribution < -0.4 is 16.4 Å². The second kappa shape index (κ2) is 12.8. The molecule has 1 aromatic heterocycles. The first-order valence-corrected chi connectivity index (χ1v) is 10.9. The van der Waals surface area contributed by atoms with Crippen molar-refractivity contribution in [3.05, 3.63) is 47.8 Å². The molecule has 35 heavy (non-hydrogen) atoms. The van der Waals surface area contributed by atoms with Gasteiger partial charge in [0, 0.05) is 55.3 Å². The molecule has 13 heteroatoms. The van der Waals surface area contributed by atoms with E-state index in [4.69, 9.17) is 5.73 Å². The molecule has 1 aliphatic rings. The van der Waals surface area contributed by atoms with Crippen LogP contribution in [0, 0.1) is 0 Å². The lowest BCUT2D eigenvalue weighted by Crippen LogP contribution is -2.42. The van der Waals surface area contributed by atoms with E-state index in [0.29, 0.717) is 36.1 Å². The Hall–Kier alpha value is -3.51. The molecule has 2 unspecified atom stereocenters. The van der Waals surface area contributed by atoms with Crippen LogP contribution in [0.3, 0.4) is 0 Å². The average molecular weight is 502 g/mol. The third kappa shape index (κ3) is 9.33. The molecule has 0 bridgehead atoms. The van der Waals surface area contributed by atoms with Gasteiger partial charge in [0.25, 0.3) is 0 Å². The number of amides is 1. The van der Waals surface area contributed by atoms with Gasteiger partial charge >= 0.3 is 12.1 Å². The van der Waals surface area contributed by atoms with Crippen molar-refractivity contribution < 1.29 is 26.7 Å². The summed E-state index contributed by atoms with van der Waals surface area (Å²) in [7, 11) is 1.71. The maximum Gasteiger partial charge on any atom is 0.471 e. The van der Waals surface area contributed by atoms with Crippen LogP contribution in [0.2, 0.25) is 0 Å². The van der Waals surface area contributed by atoms with Crippen molar-refractivity contribution in [3.8, 4) is 0 Å². The predicted molar refractivity (Wildman–Crippen MR) is 124 cm³/mol. The molecule has 1 heterocycles. The zero-order valence-corrected chi connectivity index (χ0v) is 19.3. The third-order valence-electron chi connectivity index (χ3n) is 4.97. The van der Waals surface area contributed by atoms with Gasteiger partial charge in [0.2, 0.25) is 0 Å². The van der Waals surface area contributed by atoms with E-state index in [0.717, 1.165) is 6.08 Å². The van der Waals surface area contributed by atoms with Crippen LogP contribution >= 0.6 is 0 Å².